The zero-order valence-corrected chi connectivity index (χ0v) is 14.1. The van der Waals surface area contributed by atoms with Crippen molar-refractivity contribution in [1.29, 1.82) is 0 Å². The summed E-state index contributed by atoms with van der Waals surface area (Å²) in [5, 5.41) is 13.4. The molecule has 8 nitrogen and oxygen atoms in total. The Morgan fingerprint density at radius 2 is 1.84 bits per heavy atom. The van der Waals surface area contributed by atoms with Gasteiger partial charge in [-0.15, -0.1) is 0 Å². The molecule has 0 unspecified atom stereocenters. The molecular weight excluding hydrogens is 326 g/mol. The Labute approximate surface area is 146 Å². The topological polar surface area (TPSA) is 93.9 Å². The number of carbonyl (C=O) groups excluding carboxylic acids is 1. The van der Waals surface area contributed by atoms with Gasteiger partial charge in [0.2, 0.25) is 5.91 Å². The van der Waals surface area contributed by atoms with Crippen molar-refractivity contribution in [3.63, 3.8) is 0 Å². The number of rotatable bonds is 6. The van der Waals surface area contributed by atoms with Gasteiger partial charge in [0.05, 0.1) is 18.1 Å². The van der Waals surface area contributed by atoms with Gasteiger partial charge in [0.25, 0.3) is 5.69 Å². The second kappa shape index (κ2) is 8.37. The van der Waals surface area contributed by atoms with Gasteiger partial charge < -0.3 is 19.7 Å². The third-order valence-corrected chi connectivity index (χ3v) is 4.68. The number of non-ortho nitro benzene ring substituents is 1. The van der Waals surface area contributed by atoms with E-state index in [-0.39, 0.29) is 17.9 Å². The van der Waals surface area contributed by atoms with Crippen LogP contribution in [0, 0.1) is 16.0 Å². The van der Waals surface area contributed by atoms with Gasteiger partial charge in [-0.25, -0.2) is 0 Å². The normalized spacial score (nSPS) is 19.8. The fourth-order valence-corrected chi connectivity index (χ4v) is 3.25. The second-order valence-corrected chi connectivity index (χ2v) is 6.39. The quantitative estimate of drug-likeness (QED) is 0.624. The number of nitro groups is 1. The lowest BCUT2D eigenvalue weighted by molar-refractivity contribution is -0.384. The number of amides is 1. The van der Waals surface area contributed by atoms with Crippen LogP contribution in [0.3, 0.4) is 0 Å². The number of carbonyl (C=O) groups is 1. The third-order valence-electron chi connectivity index (χ3n) is 4.68. The van der Waals surface area contributed by atoms with Gasteiger partial charge >= 0.3 is 0 Å². The van der Waals surface area contributed by atoms with Crippen molar-refractivity contribution in [3.05, 3.63) is 34.4 Å². The molecule has 0 aliphatic carbocycles. The van der Waals surface area contributed by atoms with Crippen LogP contribution in [0.2, 0.25) is 0 Å². The van der Waals surface area contributed by atoms with Gasteiger partial charge in [0.1, 0.15) is 0 Å². The van der Waals surface area contributed by atoms with E-state index in [4.69, 9.17) is 9.47 Å². The van der Waals surface area contributed by atoms with Crippen LogP contribution in [0.1, 0.15) is 19.3 Å². The lowest BCUT2D eigenvalue weighted by atomic mass is 9.96. The van der Waals surface area contributed by atoms with Crippen LogP contribution in [-0.4, -0.2) is 54.9 Å². The number of nitrogens with one attached hydrogen (secondary N) is 1. The van der Waals surface area contributed by atoms with Crippen molar-refractivity contribution in [2.24, 2.45) is 5.92 Å². The van der Waals surface area contributed by atoms with Crippen LogP contribution in [0.5, 0.6) is 0 Å². The van der Waals surface area contributed by atoms with E-state index in [9.17, 15) is 14.9 Å². The van der Waals surface area contributed by atoms with Crippen molar-refractivity contribution < 1.29 is 19.2 Å². The van der Waals surface area contributed by atoms with Gasteiger partial charge in [-0.05, 0) is 38.1 Å². The minimum atomic E-state index is -0.461. The second-order valence-electron chi connectivity index (χ2n) is 6.39. The first-order chi connectivity index (χ1) is 12.1. The highest BCUT2D eigenvalue weighted by Crippen LogP contribution is 2.25. The molecule has 1 aromatic rings. The Morgan fingerprint density at radius 1 is 1.20 bits per heavy atom. The SMILES string of the molecule is O=C(CCN1CCC(C2OCCO2)CC1)Nc1ccc([N+](=O)[O-])cc1. The van der Waals surface area contributed by atoms with Gasteiger partial charge in [0.15, 0.2) is 6.29 Å². The van der Waals surface area contributed by atoms with Crippen LogP contribution in [0.4, 0.5) is 11.4 Å². The summed E-state index contributed by atoms with van der Waals surface area (Å²) >= 11 is 0. The molecule has 0 spiro atoms. The average molecular weight is 349 g/mol. The van der Waals surface area contributed by atoms with Gasteiger partial charge in [-0.1, -0.05) is 0 Å². The number of hydrogen-bond acceptors (Lipinski definition) is 6. The molecular formula is C17H23N3O5. The third kappa shape index (κ3) is 4.97. The Bertz CT molecular complexity index is 593. The van der Waals surface area contributed by atoms with Crippen LogP contribution in [0.15, 0.2) is 24.3 Å². The summed E-state index contributed by atoms with van der Waals surface area (Å²) in [5.74, 6) is 0.367. The molecule has 3 rings (SSSR count). The number of likely N-dealkylation sites (tertiary alicyclic amines) is 1. The summed E-state index contributed by atoms with van der Waals surface area (Å²) in [7, 11) is 0. The summed E-state index contributed by atoms with van der Waals surface area (Å²) in [4.78, 5) is 24.5. The number of nitro benzene ring substituents is 1. The van der Waals surface area contributed by atoms with Crippen LogP contribution in [0.25, 0.3) is 0 Å². The van der Waals surface area contributed by atoms with Crippen molar-refractivity contribution in [1.82, 2.24) is 4.90 Å². The fourth-order valence-electron chi connectivity index (χ4n) is 3.25. The molecule has 0 aromatic heterocycles. The van der Waals surface area contributed by atoms with Crippen molar-refractivity contribution >= 4 is 17.3 Å². The minimum Gasteiger partial charge on any atom is -0.350 e. The predicted octanol–water partition coefficient (Wildman–Crippen LogP) is 2.01. The highest BCUT2D eigenvalue weighted by Gasteiger charge is 2.30. The number of piperidine rings is 1. The Balaban J connectivity index is 1.37. The summed E-state index contributed by atoms with van der Waals surface area (Å²) in [5.41, 5.74) is 0.584. The highest BCUT2D eigenvalue weighted by molar-refractivity contribution is 5.90. The number of ether oxygens (including phenoxy) is 2. The van der Waals surface area contributed by atoms with Crippen LogP contribution in [-0.2, 0) is 14.3 Å². The lowest BCUT2D eigenvalue weighted by Gasteiger charge is -2.33. The molecule has 2 saturated heterocycles. The van der Waals surface area contributed by atoms with Gasteiger partial charge in [-0.2, -0.15) is 0 Å². The zero-order valence-electron chi connectivity index (χ0n) is 14.1. The fraction of sp³-hybridized carbons (Fsp3) is 0.588. The summed E-state index contributed by atoms with van der Waals surface area (Å²) in [6, 6.07) is 5.85. The first-order valence-electron chi connectivity index (χ1n) is 8.62. The molecule has 25 heavy (non-hydrogen) atoms. The van der Waals surface area contributed by atoms with E-state index in [0.29, 0.717) is 37.8 Å². The molecule has 0 saturated carbocycles. The summed E-state index contributed by atoms with van der Waals surface area (Å²) < 4.78 is 11.1. The maximum absolute atomic E-state index is 12.0. The Kier molecular flexibility index (Phi) is 5.95. The molecule has 2 fully saturated rings. The molecule has 1 aromatic carbocycles. The lowest BCUT2D eigenvalue weighted by Crippen LogP contribution is -2.39. The zero-order chi connectivity index (χ0) is 17.6. The monoisotopic (exact) mass is 349 g/mol. The first kappa shape index (κ1) is 17.8. The Hall–Kier alpha value is -2.03. The smallest absolute Gasteiger partial charge is 0.269 e. The number of benzene rings is 1. The van der Waals surface area contributed by atoms with Crippen LogP contribution >= 0.6 is 0 Å². The molecule has 8 heteroatoms. The highest BCUT2D eigenvalue weighted by atomic mass is 16.7. The predicted molar refractivity (Wildman–Crippen MR) is 91.2 cm³/mol. The first-order valence-corrected chi connectivity index (χ1v) is 8.62. The molecule has 136 valence electrons. The van der Waals surface area contributed by atoms with E-state index in [1.54, 1.807) is 12.1 Å². The Morgan fingerprint density at radius 3 is 2.44 bits per heavy atom. The van der Waals surface area contributed by atoms with E-state index in [1.165, 1.54) is 12.1 Å². The molecule has 0 bridgehead atoms. The standard InChI is InChI=1S/C17H23N3O5/c21-16(18-14-1-3-15(4-2-14)20(22)23)7-10-19-8-5-13(6-9-19)17-24-11-12-25-17/h1-4,13,17H,5-12H2,(H,18,21). The number of nitrogens with zero attached hydrogens (tertiary/aromatic N) is 2. The molecule has 2 aliphatic heterocycles. The maximum Gasteiger partial charge on any atom is 0.269 e. The maximum atomic E-state index is 12.0. The van der Waals surface area contributed by atoms with Crippen molar-refractivity contribution in [2.75, 3.05) is 38.2 Å². The van der Waals surface area contributed by atoms with Gasteiger partial charge in [0, 0.05) is 36.7 Å². The summed E-state index contributed by atoms with van der Waals surface area (Å²) in [6.07, 6.45) is 2.40. The number of hydrogen-bond donors (Lipinski definition) is 1. The van der Waals surface area contributed by atoms with Gasteiger partial charge in [-0.3, -0.25) is 14.9 Å². The molecule has 0 atom stereocenters. The van der Waals surface area contributed by atoms with E-state index < -0.39 is 4.92 Å². The molecule has 1 N–H and O–H groups in total. The minimum absolute atomic E-state index is 0.0103. The van der Waals surface area contributed by atoms with E-state index in [2.05, 4.69) is 10.2 Å². The largest absolute Gasteiger partial charge is 0.350 e. The molecule has 2 heterocycles. The molecule has 0 radical (unpaired) electrons. The van der Waals surface area contributed by atoms with Crippen LogP contribution < -0.4 is 5.32 Å². The number of anilines is 1. The average Bonchev–Trinajstić information content (AvgIpc) is 3.15. The van der Waals surface area contributed by atoms with E-state index >= 15 is 0 Å². The summed E-state index contributed by atoms with van der Waals surface area (Å²) in [6.45, 7) is 3.97. The molecule has 1 amide bonds. The van der Waals surface area contributed by atoms with E-state index in [0.717, 1.165) is 25.9 Å². The van der Waals surface area contributed by atoms with Crippen molar-refractivity contribution in [2.45, 2.75) is 25.6 Å². The van der Waals surface area contributed by atoms with Crippen molar-refractivity contribution in [3.8, 4) is 0 Å². The van der Waals surface area contributed by atoms with E-state index in [1.807, 2.05) is 0 Å². The molecule has 2 aliphatic rings.